The molecule has 0 spiro atoms. The molecule has 0 heterocycles. The highest BCUT2D eigenvalue weighted by molar-refractivity contribution is 6.01. The Balaban J connectivity index is 1.97. The molecule has 0 bridgehead atoms. The Morgan fingerprint density at radius 1 is 0.632 bits per heavy atom. The van der Waals surface area contributed by atoms with Crippen molar-refractivity contribution in [1.82, 2.24) is 10.9 Å². The van der Waals surface area contributed by atoms with E-state index in [1.807, 2.05) is 12.1 Å². The molecule has 2 rings (SSSR count). The highest BCUT2D eigenvalue weighted by Gasteiger charge is 2.18. The summed E-state index contributed by atoms with van der Waals surface area (Å²) in [6.45, 7) is 8.65. The molecular formula is C32H48N2O4. The average Bonchev–Trinajstić information content (AvgIpc) is 2.91. The van der Waals surface area contributed by atoms with Gasteiger partial charge in [-0.1, -0.05) is 104 Å². The summed E-state index contributed by atoms with van der Waals surface area (Å²) in [6, 6.07) is 10.1. The predicted molar refractivity (Wildman–Crippen MR) is 155 cm³/mol. The van der Waals surface area contributed by atoms with Gasteiger partial charge in [0.05, 0.1) is 11.1 Å². The lowest BCUT2D eigenvalue weighted by atomic mass is 9.93. The maximum absolute atomic E-state index is 12.8. The fraction of sp³-hybridized carbons (Fsp3) is 0.562. The first-order valence-electron chi connectivity index (χ1n) is 14.5. The molecule has 0 saturated heterocycles. The van der Waals surface area contributed by atoms with Gasteiger partial charge in [-0.05, 0) is 60.1 Å². The summed E-state index contributed by atoms with van der Waals surface area (Å²) in [4.78, 5) is 25.6. The van der Waals surface area contributed by atoms with Crippen LogP contribution in [0.1, 0.15) is 148 Å². The summed E-state index contributed by atoms with van der Waals surface area (Å²) in [7, 11) is 0. The number of aromatic hydroxyl groups is 2. The van der Waals surface area contributed by atoms with Crippen molar-refractivity contribution in [1.29, 1.82) is 0 Å². The van der Waals surface area contributed by atoms with Crippen LogP contribution in [0.3, 0.4) is 0 Å². The fourth-order valence-electron chi connectivity index (χ4n) is 4.77. The number of unbranched alkanes of at least 4 members (excludes halogenated alkanes) is 8. The number of hydrogen-bond donors (Lipinski definition) is 4. The first-order chi connectivity index (χ1) is 18.3. The minimum Gasteiger partial charge on any atom is -0.507 e. The Kier molecular flexibility index (Phi) is 13.7. The number of nitrogens with one attached hydrogen (secondary N) is 2. The molecule has 2 aromatic rings. The van der Waals surface area contributed by atoms with Crippen molar-refractivity contribution in [2.75, 3.05) is 0 Å². The monoisotopic (exact) mass is 524 g/mol. The Morgan fingerprint density at radius 2 is 1.00 bits per heavy atom. The van der Waals surface area contributed by atoms with E-state index in [1.54, 1.807) is 12.1 Å². The van der Waals surface area contributed by atoms with Crippen LogP contribution in [0.25, 0.3) is 0 Å². The number of carbonyl (C=O) groups excluding carboxylic acids is 2. The number of benzene rings is 2. The molecule has 4 N–H and O–H groups in total. The third-order valence-electron chi connectivity index (χ3n) is 7.44. The molecule has 6 nitrogen and oxygen atoms in total. The maximum Gasteiger partial charge on any atom is 0.273 e. The normalized spacial score (nSPS) is 12.6. The second-order valence-corrected chi connectivity index (χ2v) is 10.7. The van der Waals surface area contributed by atoms with Crippen molar-refractivity contribution in [3.8, 4) is 11.5 Å². The summed E-state index contributed by atoms with van der Waals surface area (Å²) in [5.41, 5.74) is 6.95. The zero-order valence-electron chi connectivity index (χ0n) is 23.8. The molecule has 2 atom stereocenters. The summed E-state index contributed by atoms with van der Waals surface area (Å²) in [5.74, 6) is -0.993. The number of hydrogen-bond acceptors (Lipinski definition) is 4. The van der Waals surface area contributed by atoms with Gasteiger partial charge in [-0.2, -0.15) is 0 Å². The van der Waals surface area contributed by atoms with Gasteiger partial charge in [0.15, 0.2) is 0 Å². The second kappa shape index (κ2) is 16.7. The van der Waals surface area contributed by atoms with Crippen LogP contribution in [-0.4, -0.2) is 22.0 Å². The molecule has 2 aromatic carbocycles. The summed E-state index contributed by atoms with van der Waals surface area (Å²) >= 11 is 0. The summed E-state index contributed by atoms with van der Waals surface area (Å²) < 4.78 is 0. The molecule has 0 fully saturated rings. The van der Waals surface area contributed by atoms with Crippen LogP contribution < -0.4 is 10.9 Å². The van der Waals surface area contributed by atoms with Gasteiger partial charge < -0.3 is 10.2 Å². The van der Waals surface area contributed by atoms with Gasteiger partial charge in [0, 0.05) is 0 Å². The van der Waals surface area contributed by atoms with E-state index in [4.69, 9.17) is 0 Å². The highest BCUT2D eigenvalue weighted by Crippen LogP contribution is 2.28. The van der Waals surface area contributed by atoms with Crippen molar-refractivity contribution < 1.29 is 19.8 Å². The lowest BCUT2D eigenvalue weighted by Crippen LogP contribution is -2.41. The van der Waals surface area contributed by atoms with Gasteiger partial charge >= 0.3 is 0 Å². The van der Waals surface area contributed by atoms with E-state index in [-0.39, 0.29) is 34.5 Å². The standard InChI is InChI=1S/C32H48N2O4/c1-5-7-9-11-13-15-23(3)25-17-19-29(35)27(21-25)31(37)33-34-32(38)28-22-26(18-20-30(28)36)24(4)16-14-12-10-8-6-2/h17-24,35-36H,5-16H2,1-4H3,(H,33,37)(H,34,38). The zero-order chi connectivity index (χ0) is 27.9. The van der Waals surface area contributed by atoms with Crippen LogP contribution in [0.5, 0.6) is 11.5 Å². The number of rotatable bonds is 16. The number of amides is 2. The van der Waals surface area contributed by atoms with Gasteiger partial charge in [0.2, 0.25) is 0 Å². The van der Waals surface area contributed by atoms with Crippen molar-refractivity contribution >= 4 is 11.8 Å². The fourth-order valence-corrected chi connectivity index (χ4v) is 4.77. The highest BCUT2D eigenvalue weighted by atomic mass is 16.3. The lowest BCUT2D eigenvalue weighted by molar-refractivity contribution is 0.0843. The van der Waals surface area contributed by atoms with E-state index in [9.17, 15) is 19.8 Å². The van der Waals surface area contributed by atoms with Gasteiger partial charge in [0.1, 0.15) is 11.5 Å². The second-order valence-electron chi connectivity index (χ2n) is 10.7. The van der Waals surface area contributed by atoms with Gasteiger partial charge in [-0.3, -0.25) is 20.4 Å². The molecule has 2 amide bonds. The predicted octanol–water partition coefficient (Wildman–Crippen LogP) is 8.10. The van der Waals surface area contributed by atoms with Crippen LogP contribution >= 0.6 is 0 Å². The van der Waals surface area contributed by atoms with Crippen LogP contribution in [0.2, 0.25) is 0 Å². The van der Waals surface area contributed by atoms with Gasteiger partial charge in [0.25, 0.3) is 11.8 Å². The zero-order valence-corrected chi connectivity index (χ0v) is 23.8. The number of carbonyl (C=O) groups is 2. The van der Waals surface area contributed by atoms with Crippen molar-refractivity contribution in [2.45, 2.75) is 117 Å². The Hall–Kier alpha value is -3.02. The average molecular weight is 525 g/mol. The van der Waals surface area contributed by atoms with Crippen LogP contribution in [0.15, 0.2) is 36.4 Å². The summed E-state index contributed by atoms with van der Waals surface area (Å²) in [5, 5.41) is 20.6. The first-order valence-corrected chi connectivity index (χ1v) is 14.5. The minimum atomic E-state index is -0.607. The van der Waals surface area contributed by atoms with Crippen LogP contribution in [0.4, 0.5) is 0 Å². The molecule has 6 heteroatoms. The Morgan fingerprint density at radius 3 is 1.37 bits per heavy atom. The van der Waals surface area contributed by atoms with Crippen LogP contribution in [0, 0.1) is 0 Å². The molecule has 0 aliphatic heterocycles. The van der Waals surface area contributed by atoms with Crippen LogP contribution in [-0.2, 0) is 0 Å². The molecular weight excluding hydrogens is 476 g/mol. The molecule has 0 saturated carbocycles. The maximum atomic E-state index is 12.8. The molecule has 0 aliphatic carbocycles. The SMILES string of the molecule is CCCCCCCC(C)c1ccc(O)c(C(=O)NNC(=O)c2cc(C(C)CCCCCCC)ccc2O)c1. The van der Waals surface area contributed by atoms with E-state index in [0.29, 0.717) is 0 Å². The van der Waals surface area contributed by atoms with Crippen molar-refractivity contribution in [3.05, 3.63) is 58.7 Å². The van der Waals surface area contributed by atoms with Crippen molar-refractivity contribution in [2.24, 2.45) is 0 Å². The summed E-state index contributed by atoms with van der Waals surface area (Å²) in [6.07, 6.45) is 14.1. The largest absolute Gasteiger partial charge is 0.507 e. The van der Waals surface area contributed by atoms with Gasteiger partial charge in [-0.25, -0.2) is 0 Å². The minimum absolute atomic E-state index is 0.107. The lowest BCUT2D eigenvalue weighted by Gasteiger charge is -2.16. The topological polar surface area (TPSA) is 98.7 Å². The molecule has 0 aliphatic rings. The smallest absolute Gasteiger partial charge is 0.273 e. The Bertz CT molecular complexity index is 939. The van der Waals surface area contributed by atoms with E-state index in [2.05, 4.69) is 38.5 Å². The third-order valence-corrected chi connectivity index (χ3v) is 7.44. The molecule has 2 unspecified atom stereocenters. The number of hydrazine groups is 1. The number of phenols is 2. The molecule has 0 aromatic heterocycles. The molecule has 0 radical (unpaired) electrons. The third kappa shape index (κ3) is 10.0. The van der Waals surface area contributed by atoms with Gasteiger partial charge in [-0.15, -0.1) is 0 Å². The van der Waals surface area contributed by atoms with Crippen molar-refractivity contribution in [3.63, 3.8) is 0 Å². The van der Waals surface area contributed by atoms with E-state index < -0.39 is 11.8 Å². The molecule has 210 valence electrons. The van der Waals surface area contributed by atoms with E-state index >= 15 is 0 Å². The molecule has 38 heavy (non-hydrogen) atoms. The Labute approximate surface area is 229 Å². The quantitative estimate of drug-likeness (QED) is 0.132. The van der Waals surface area contributed by atoms with E-state index in [1.165, 1.54) is 63.5 Å². The number of phenolic OH excluding ortho intramolecular Hbond substituents is 2. The first kappa shape index (κ1) is 31.2. The van der Waals surface area contributed by atoms with E-state index in [0.717, 1.165) is 36.8 Å².